The van der Waals surface area contributed by atoms with Crippen LogP contribution in [0.1, 0.15) is 11.1 Å². The van der Waals surface area contributed by atoms with E-state index in [0.29, 0.717) is 11.1 Å². The van der Waals surface area contributed by atoms with Gasteiger partial charge in [0.2, 0.25) is 5.91 Å². The highest BCUT2D eigenvalue weighted by Gasteiger charge is 2.28. The topological polar surface area (TPSA) is 69.6 Å². The van der Waals surface area contributed by atoms with Gasteiger partial charge in [-0.15, -0.1) is 0 Å². The van der Waals surface area contributed by atoms with E-state index in [9.17, 15) is 14.0 Å². The van der Waals surface area contributed by atoms with Crippen LogP contribution in [0.3, 0.4) is 0 Å². The number of imide groups is 1. The van der Waals surface area contributed by atoms with E-state index in [1.54, 1.807) is 0 Å². The van der Waals surface area contributed by atoms with E-state index in [4.69, 9.17) is 5.11 Å². The van der Waals surface area contributed by atoms with Gasteiger partial charge in [0, 0.05) is 5.56 Å². The third kappa shape index (κ3) is 2.89. The predicted molar refractivity (Wildman–Crippen MR) is 64.3 cm³/mol. The lowest BCUT2D eigenvalue weighted by Crippen LogP contribution is -2.30. The number of rotatable bonds is 2. The fourth-order valence-corrected chi connectivity index (χ4v) is 1.72. The Morgan fingerprint density at radius 1 is 1.42 bits per heavy atom. The Hall–Kier alpha value is -2.39. The molecule has 0 spiro atoms. The Bertz CT molecular complexity index is 573. The molecule has 1 aromatic rings. The van der Waals surface area contributed by atoms with Crippen molar-refractivity contribution >= 4 is 11.9 Å². The smallest absolute Gasteiger partial charge is 0.324 e. The van der Waals surface area contributed by atoms with Gasteiger partial charge in [-0.25, -0.2) is 9.18 Å². The quantitative estimate of drug-likeness (QED) is 0.592. The molecule has 1 aliphatic heterocycles. The molecule has 98 valence electrons. The number of benzene rings is 1. The Labute approximate surface area is 109 Å². The number of nitrogens with one attached hydrogen (secondary N) is 1. The van der Waals surface area contributed by atoms with Gasteiger partial charge in [0.1, 0.15) is 12.4 Å². The Morgan fingerprint density at radius 3 is 2.84 bits per heavy atom. The zero-order valence-corrected chi connectivity index (χ0v) is 9.94. The number of carbonyl (C=O) groups is 2. The van der Waals surface area contributed by atoms with Crippen molar-refractivity contribution in [2.24, 2.45) is 0 Å². The average molecular weight is 262 g/mol. The fraction of sp³-hybridized carbons (Fsp3) is 0.231. The highest BCUT2D eigenvalue weighted by atomic mass is 19.1. The number of aliphatic hydroxyl groups excluding tert-OH is 1. The van der Waals surface area contributed by atoms with Gasteiger partial charge in [-0.05, 0) is 17.7 Å². The molecule has 0 bridgehead atoms. The zero-order chi connectivity index (χ0) is 13.8. The lowest BCUT2D eigenvalue weighted by atomic mass is 10.1. The van der Waals surface area contributed by atoms with Gasteiger partial charge in [0.15, 0.2) is 0 Å². The van der Waals surface area contributed by atoms with Gasteiger partial charge < -0.3 is 10.4 Å². The van der Waals surface area contributed by atoms with E-state index >= 15 is 0 Å². The molecule has 6 heteroatoms. The van der Waals surface area contributed by atoms with Crippen LogP contribution in [0.25, 0.3) is 0 Å². The minimum absolute atomic E-state index is 0.0282. The van der Waals surface area contributed by atoms with E-state index in [2.05, 4.69) is 17.2 Å². The van der Waals surface area contributed by atoms with E-state index in [1.807, 2.05) is 0 Å². The second-order valence-corrected chi connectivity index (χ2v) is 3.90. The third-order valence-electron chi connectivity index (χ3n) is 2.64. The lowest BCUT2D eigenvalue weighted by molar-refractivity contribution is -0.125. The summed E-state index contributed by atoms with van der Waals surface area (Å²) in [7, 11) is 0. The minimum Gasteiger partial charge on any atom is -0.384 e. The highest BCUT2D eigenvalue weighted by Crippen LogP contribution is 2.14. The molecule has 1 heterocycles. The Morgan fingerprint density at radius 2 is 2.21 bits per heavy atom. The summed E-state index contributed by atoms with van der Waals surface area (Å²) < 4.78 is 13.2. The predicted octanol–water partition coefficient (Wildman–Crippen LogP) is 0.221. The number of halogens is 1. The molecule has 5 nitrogen and oxygen atoms in total. The van der Waals surface area contributed by atoms with Crippen LogP contribution in [0, 0.1) is 17.7 Å². The SMILES string of the molecule is O=C1CNC(=O)N1Cc1ccc(F)cc1C#CCO. The molecule has 0 radical (unpaired) electrons. The first kappa shape index (κ1) is 13.1. The third-order valence-corrected chi connectivity index (χ3v) is 2.64. The van der Waals surface area contributed by atoms with Gasteiger partial charge in [-0.1, -0.05) is 17.9 Å². The standard InChI is InChI=1S/C13H11FN2O3/c14-11-4-3-10(9(6-11)2-1-5-17)8-16-12(18)7-15-13(16)19/h3-4,6,17H,5,7-8H2,(H,15,19). The first-order chi connectivity index (χ1) is 9.11. The molecule has 3 amide bonds. The van der Waals surface area contributed by atoms with Crippen molar-refractivity contribution < 1.29 is 19.1 Å². The summed E-state index contributed by atoms with van der Waals surface area (Å²) in [5.74, 6) is 4.21. The molecule has 0 atom stereocenters. The summed E-state index contributed by atoms with van der Waals surface area (Å²) in [5, 5.41) is 11.1. The summed E-state index contributed by atoms with van der Waals surface area (Å²) in [5.41, 5.74) is 0.898. The lowest BCUT2D eigenvalue weighted by Gasteiger charge is -2.13. The molecule has 1 saturated heterocycles. The Balaban J connectivity index is 2.29. The summed E-state index contributed by atoms with van der Waals surface area (Å²) in [6, 6.07) is 3.43. The summed E-state index contributed by atoms with van der Waals surface area (Å²) in [4.78, 5) is 23.9. The van der Waals surface area contributed by atoms with Gasteiger partial charge in [-0.3, -0.25) is 9.69 Å². The molecule has 19 heavy (non-hydrogen) atoms. The molecule has 0 unspecified atom stereocenters. The maximum atomic E-state index is 13.2. The summed E-state index contributed by atoms with van der Waals surface area (Å²) >= 11 is 0. The maximum Gasteiger partial charge on any atom is 0.324 e. The second-order valence-electron chi connectivity index (χ2n) is 3.90. The summed E-state index contributed by atoms with van der Waals surface area (Å²) in [6.07, 6.45) is 0. The van der Waals surface area contributed by atoms with E-state index in [-0.39, 0.29) is 25.6 Å². The van der Waals surface area contributed by atoms with Crippen LogP contribution in [-0.2, 0) is 11.3 Å². The van der Waals surface area contributed by atoms with Crippen LogP contribution < -0.4 is 5.32 Å². The van der Waals surface area contributed by atoms with Crippen LogP contribution in [0.4, 0.5) is 9.18 Å². The van der Waals surface area contributed by atoms with Gasteiger partial charge in [-0.2, -0.15) is 0 Å². The van der Waals surface area contributed by atoms with Gasteiger partial charge >= 0.3 is 6.03 Å². The van der Waals surface area contributed by atoms with Crippen molar-refractivity contribution in [1.82, 2.24) is 10.2 Å². The second kappa shape index (κ2) is 5.50. The van der Waals surface area contributed by atoms with Crippen molar-refractivity contribution in [2.75, 3.05) is 13.2 Å². The highest BCUT2D eigenvalue weighted by molar-refractivity contribution is 6.01. The Kier molecular flexibility index (Phi) is 3.78. The first-order valence-electron chi connectivity index (χ1n) is 5.58. The van der Waals surface area contributed by atoms with Crippen LogP contribution >= 0.6 is 0 Å². The van der Waals surface area contributed by atoms with Gasteiger partial charge in [0.25, 0.3) is 0 Å². The number of carbonyl (C=O) groups excluding carboxylic acids is 2. The average Bonchev–Trinajstić information content (AvgIpc) is 2.70. The van der Waals surface area contributed by atoms with Crippen molar-refractivity contribution in [2.45, 2.75) is 6.54 Å². The zero-order valence-electron chi connectivity index (χ0n) is 9.94. The van der Waals surface area contributed by atoms with E-state index in [0.717, 1.165) is 4.90 Å². The van der Waals surface area contributed by atoms with Crippen molar-refractivity contribution in [3.63, 3.8) is 0 Å². The molecule has 2 rings (SSSR count). The molecule has 1 aromatic carbocycles. The van der Waals surface area contributed by atoms with Crippen molar-refractivity contribution in [1.29, 1.82) is 0 Å². The largest absolute Gasteiger partial charge is 0.384 e. The number of amides is 3. The molecular weight excluding hydrogens is 251 g/mol. The molecule has 0 saturated carbocycles. The normalized spacial score (nSPS) is 14.1. The van der Waals surface area contributed by atoms with Crippen LogP contribution in [0.5, 0.6) is 0 Å². The number of hydrogen-bond donors (Lipinski definition) is 2. The number of nitrogens with zero attached hydrogens (tertiary/aromatic N) is 1. The first-order valence-corrected chi connectivity index (χ1v) is 5.58. The van der Waals surface area contributed by atoms with E-state index < -0.39 is 11.8 Å². The molecular formula is C13H11FN2O3. The van der Waals surface area contributed by atoms with Crippen molar-refractivity contribution in [3.8, 4) is 11.8 Å². The molecule has 1 fully saturated rings. The van der Waals surface area contributed by atoms with E-state index in [1.165, 1.54) is 18.2 Å². The minimum atomic E-state index is -0.476. The maximum absolute atomic E-state index is 13.2. The number of aliphatic hydroxyl groups is 1. The van der Waals surface area contributed by atoms with Crippen LogP contribution in [0.15, 0.2) is 18.2 Å². The van der Waals surface area contributed by atoms with Crippen molar-refractivity contribution in [3.05, 3.63) is 35.1 Å². The number of hydrogen-bond acceptors (Lipinski definition) is 3. The fourth-order valence-electron chi connectivity index (χ4n) is 1.72. The monoisotopic (exact) mass is 262 g/mol. The molecule has 0 aliphatic carbocycles. The summed E-state index contributed by atoms with van der Waals surface area (Å²) in [6.45, 7) is -0.350. The van der Waals surface area contributed by atoms with Crippen LogP contribution in [-0.4, -0.2) is 35.1 Å². The molecule has 1 aliphatic rings. The number of urea groups is 1. The van der Waals surface area contributed by atoms with Gasteiger partial charge in [0.05, 0.1) is 13.1 Å². The van der Waals surface area contributed by atoms with Crippen LogP contribution in [0.2, 0.25) is 0 Å². The molecule has 2 N–H and O–H groups in total. The molecule has 0 aromatic heterocycles.